The van der Waals surface area contributed by atoms with E-state index in [1.807, 2.05) is 0 Å². The number of esters is 4. The molecule has 0 aliphatic heterocycles. The fourth-order valence-electron chi connectivity index (χ4n) is 9.76. The lowest BCUT2D eigenvalue weighted by Crippen LogP contribution is -2.30. The maximum absolute atomic E-state index is 13.0. The van der Waals surface area contributed by atoms with Gasteiger partial charge in [0, 0.05) is 25.7 Å². The first-order chi connectivity index (χ1) is 40.5. The second-order valence-corrected chi connectivity index (χ2v) is 26.9. The SMILES string of the molecule is CCCCCCCCCCCCCCCCCC(=O)O[C@H](COC(=O)CCCCCCCCCCCCC(C)C)COP(=O)(O)OC[C@@H](O)COP(=O)(O)OC[C@@H](COC(=O)CCCCCCCCC)OC(=O)CCCCCCCCCCC. The molecule has 0 bridgehead atoms. The number of aliphatic hydroxyl groups is 1. The summed E-state index contributed by atoms with van der Waals surface area (Å²) in [5, 5.41) is 10.5. The lowest BCUT2D eigenvalue weighted by Gasteiger charge is -2.21. The Hall–Kier alpha value is -1.94. The first-order valence-electron chi connectivity index (χ1n) is 34.1. The molecule has 0 saturated carbocycles. The Morgan fingerprint density at radius 1 is 0.321 bits per heavy atom. The monoisotopic (exact) mass is 1240 g/mol. The molecule has 3 N–H and O–H groups in total. The van der Waals surface area contributed by atoms with Gasteiger partial charge in [-0.3, -0.25) is 37.3 Å². The van der Waals surface area contributed by atoms with Crippen LogP contribution in [0.15, 0.2) is 0 Å². The van der Waals surface area contributed by atoms with Crippen LogP contribution in [0.2, 0.25) is 0 Å². The molecule has 0 spiro atoms. The van der Waals surface area contributed by atoms with Crippen molar-refractivity contribution in [3.8, 4) is 0 Å². The van der Waals surface area contributed by atoms with Gasteiger partial charge in [-0.15, -0.1) is 0 Å². The van der Waals surface area contributed by atoms with Gasteiger partial charge in [0.15, 0.2) is 12.2 Å². The average Bonchev–Trinajstić information content (AvgIpc) is 3.63. The minimum Gasteiger partial charge on any atom is -0.462 e. The fourth-order valence-corrected chi connectivity index (χ4v) is 11.3. The summed E-state index contributed by atoms with van der Waals surface area (Å²) < 4.78 is 67.9. The molecular formula is C65H126O17P2. The van der Waals surface area contributed by atoms with Crippen LogP contribution in [0.5, 0.6) is 0 Å². The molecule has 0 aliphatic rings. The van der Waals surface area contributed by atoms with Gasteiger partial charge in [0.1, 0.15) is 19.3 Å². The van der Waals surface area contributed by atoms with E-state index in [9.17, 15) is 43.2 Å². The smallest absolute Gasteiger partial charge is 0.462 e. The highest BCUT2D eigenvalue weighted by atomic mass is 31.2. The first kappa shape index (κ1) is 82.1. The predicted octanol–water partition coefficient (Wildman–Crippen LogP) is 18.2. The van der Waals surface area contributed by atoms with Crippen molar-refractivity contribution in [1.29, 1.82) is 0 Å². The largest absolute Gasteiger partial charge is 0.472 e. The summed E-state index contributed by atoms with van der Waals surface area (Å²) in [7, 11) is -9.88. The van der Waals surface area contributed by atoms with Crippen molar-refractivity contribution in [2.24, 2.45) is 5.92 Å². The number of carbonyl (C=O) groups is 4. The molecule has 0 heterocycles. The molecule has 2 unspecified atom stereocenters. The van der Waals surface area contributed by atoms with Crippen molar-refractivity contribution >= 4 is 39.5 Å². The Kier molecular flexibility index (Phi) is 57.4. The lowest BCUT2D eigenvalue weighted by atomic mass is 10.0. The van der Waals surface area contributed by atoms with Gasteiger partial charge in [-0.25, -0.2) is 9.13 Å². The van der Waals surface area contributed by atoms with Crippen LogP contribution in [0.1, 0.15) is 330 Å². The van der Waals surface area contributed by atoms with E-state index in [4.69, 9.17) is 37.0 Å². The van der Waals surface area contributed by atoms with Gasteiger partial charge in [0.25, 0.3) is 0 Å². The van der Waals surface area contributed by atoms with Gasteiger partial charge >= 0.3 is 39.5 Å². The molecule has 0 rings (SSSR count). The molecule has 17 nitrogen and oxygen atoms in total. The zero-order valence-corrected chi connectivity index (χ0v) is 55.8. The molecule has 84 heavy (non-hydrogen) atoms. The summed E-state index contributed by atoms with van der Waals surface area (Å²) >= 11 is 0. The number of rotatable bonds is 65. The maximum Gasteiger partial charge on any atom is 0.472 e. The molecule has 0 aromatic carbocycles. The summed E-state index contributed by atoms with van der Waals surface area (Å²) in [6.45, 7) is 7.15. The van der Waals surface area contributed by atoms with Crippen molar-refractivity contribution in [3.05, 3.63) is 0 Å². The van der Waals surface area contributed by atoms with E-state index in [-0.39, 0.29) is 25.7 Å². The summed E-state index contributed by atoms with van der Waals surface area (Å²) in [4.78, 5) is 72.1. The van der Waals surface area contributed by atoms with E-state index in [1.165, 1.54) is 141 Å². The van der Waals surface area contributed by atoms with E-state index in [2.05, 4.69) is 34.6 Å². The number of phosphoric ester groups is 2. The lowest BCUT2D eigenvalue weighted by molar-refractivity contribution is -0.161. The zero-order chi connectivity index (χ0) is 62.0. The zero-order valence-electron chi connectivity index (χ0n) is 54.0. The minimum absolute atomic E-state index is 0.105. The summed E-state index contributed by atoms with van der Waals surface area (Å²) in [5.74, 6) is -1.38. The molecule has 0 fully saturated rings. The van der Waals surface area contributed by atoms with Gasteiger partial charge in [-0.1, -0.05) is 279 Å². The molecule has 0 aliphatic carbocycles. The van der Waals surface area contributed by atoms with E-state index in [0.717, 1.165) is 109 Å². The summed E-state index contributed by atoms with van der Waals surface area (Å²) in [6.07, 6.45) is 43.1. The number of aliphatic hydroxyl groups excluding tert-OH is 1. The number of hydrogen-bond donors (Lipinski definition) is 3. The van der Waals surface area contributed by atoms with Gasteiger partial charge in [-0.2, -0.15) is 0 Å². The number of carbonyl (C=O) groups excluding carboxylic acids is 4. The fraction of sp³-hybridized carbons (Fsp3) is 0.938. The van der Waals surface area contributed by atoms with Crippen molar-refractivity contribution in [1.82, 2.24) is 0 Å². The van der Waals surface area contributed by atoms with Gasteiger partial charge < -0.3 is 33.8 Å². The Labute approximate surface area is 511 Å². The number of phosphoric acid groups is 2. The Morgan fingerprint density at radius 3 is 0.810 bits per heavy atom. The van der Waals surface area contributed by atoms with Crippen LogP contribution >= 0.6 is 15.6 Å². The Bertz CT molecular complexity index is 1640. The van der Waals surface area contributed by atoms with Gasteiger partial charge in [-0.05, 0) is 31.6 Å². The number of unbranched alkanes of at least 4 members (excludes halogenated alkanes) is 37. The highest BCUT2D eigenvalue weighted by Gasteiger charge is 2.30. The van der Waals surface area contributed by atoms with Gasteiger partial charge in [0.05, 0.1) is 26.4 Å². The third-order valence-corrected chi connectivity index (χ3v) is 16.9. The Morgan fingerprint density at radius 2 is 0.548 bits per heavy atom. The molecule has 0 amide bonds. The average molecular weight is 1240 g/mol. The third kappa shape index (κ3) is 59.0. The normalized spacial score (nSPS) is 14.2. The molecule has 498 valence electrons. The molecule has 0 saturated heterocycles. The van der Waals surface area contributed by atoms with Crippen LogP contribution in [0.25, 0.3) is 0 Å². The second kappa shape index (κ2) is 58.7. The number of ether oxygens (including phenoxy) is 4. The molecular weight excluding hydrogens is 1110 g/mol. The third-order valence-electron chi connectivity index (χ3n) is 15.0. The molecule has 5 atom stereocenters. The first-order valence-corrected chi connectivity index (χ1v) is 37.1. The van der Waals surface area contributed by atoms with E-state index in [0.29, 0.717) is 25.7 Å². The van der Waals surface area contributed by atoms with Crippen molar-refractivity contribution in [2.75, 3.05) is 39.6 Å². The van der Waals surface area contributed by atoms with Crippen LogP contribution in [0, 0.1) is 5.92 Å². The van der Waals surface area contributed by atoms with Gasteiger partial charge in [0.2, 0.25) is 0 Å². The van der Waals surface area contributed by atoms with Crippen molar-refractivity contribution in [2.45, 2.75) is 348 Å². The molecule has 0 radical (unpaired) electrons. The summed E-state index contributed by atoms with van der Waals surface area (Å²) in [5.41, 5.74) is 0. The van der Waals surface area contributed by atoms with E-state index >= 15 is 0 Å². The molecule has 0 aromatic rings. The van der Waals surface area contributed by atoms with Crippen molar-refractivity contribution < 1.29 is 80.2 Å². The van der Waals surface area contributed by atoms with Crippen LogP contribution in [-0.2, 0) is 65.4 Å². The predicted molar refractivity (Wildman–Crippen MR) is 335 cm³/mol. The van der Waals surface area contributed by atoms with Crippen LogP contribution in [0.3, 0.4) is 0 Å². The maximum atomic E-state index is 13.0. The number of hydrogen-bond acceptors (Lipinski definition) is 15. The standard InChI is InChI=1S/C65H126O17P2/c1-6-9-12-15-18-20-21-22-23-24-25-31-36-41-46-51-65(70)82-61(55-76-63(68)49-44-39-34-30-27-26-29-33-37-42-47-58(4)5)57-80-84(73,74)78-53-59(66)52-77-83(71,72)79-56-60(54-75-62(67)48-43-38-32-17-14-11-8-3)81-64(69)50-45-40-35-28-19-16-13-10-7-2/h58-61,66H,6-57H2,1-5H3,(H,71,72)(H,73,74)/t59-,60+,61+/m0/s1. The van der Waals surface area contributed by atoms with E-state index in [1.54, 1.807) is 0 Å². The Balaban J connectivity index is 5.20. The molecule has 19 heteroatoms. The minimum atomic E-state index is -4.94. The van der Waals surface area contributed by atoms with Crippen LogP contribution in [-0.4, -0.2) is 96.7 Å². The van der Waals surface area contributed by atoms with Crippen molar-refractivity contribution in [3.63, 3.8) is 0 Å². The highest BCUT2D eigenvalue weighted by Crippen LogP contribution is 2.45. The summed E-state index contributed by atoms with van der Waals surface area (Å²) in [6, 6.07) is 0. The second-order valence-electron chi connectivity index (χ2n) is 24.0. The van der Waals surface area contributed by atoms with Crippen LogP contribution < -0.4 is 0 Å². The quantitative estimate of drug-likeness (QED) is 0.0222. The molecule has 0 aromatic heterocycles. The van der Waals surface area contributed by atoms with E-state index < -0.39 is 97.5 Å². The highest BCUT2D eigenvalue weighted by molar-refractivity contribution is 7.47. The topological polar surface area (TPSA) is 237 Å². The van der Waals surface area contributed by atoms with Crippen LogP contribution in [0.4, 0.5) is 0 Å².